The summed E-state index contributed by atoms with van der Waals surface area (Å²) in [5, 5.41) is 10.1. The molecule has 1 aliphatic rings. The summed E-state index contributed by atoms with van der Waals surface area (Å²) >= 11 is 1.20. The minimum absolute atomic E-state index is 0.0193. The minimum atomic E-state index is -2.41. The second kappa shape index (κ2) is 5.46. The van der Waals surface area contributed by atoms with E-state index in [4.69, 9.17) is 0 Å². The highest BCUT2D eigenvalue weighted by atomic mass is 32.1. The van der Waals surface area contributed by atoms with Crippen LogP contribution in [0.4, 0.5) is 13.9 Å². The van der Waals surface area contributed by atoms with Crippen molar-refractivity contribution in [2.24, 2.45) is 0 Å². The van der Waals surface area contributed by atoms with Gasteiger partial charge in [0.2, 0.25) is 11.0 Å². The number of alkyl halides is 2. The molecule has 2 rings (SSSR count). The molecule has 0 unspecified atom stereocenters. The molecule has 5 nitrogen and oxygen atoms in total. The van der Waals surface area contributed by atoms with Crippen LogP contribution in [0, 0.1) is 0 Å². The van der Waals surface area contributed by atoms with Gasteiger partial charge in [-0.1, -0.05) is 11.3 Å². The van der Waals surface area contributed by atoms with E-state index in [1.54, 1.807) is 0 Å². The Morgan fingerprint density at radius 1 is 1.65 bits per heavy atom. The maximum atomic E-state index is 12.3. The van der Waals surface area contributed by atoms with Crippen molar-refractivity contribution in [3.63, 3.8) is 0 Å². The van der Waals surface area contributed by atoms with Crippen LogP contribution in [-0.2, 0) is 4.79 Å². The van der Waals surface area contributed by atoms with E-state index in [1.165, 1.54) is 21.7 Å². The molecule has 0 aromatic carbocycles. The van der Waals surface area contributed by atoms with E-state index in [2.05, 4.69) is 15.5 Å². The molecule has 1 fully saturated rings. The Kier molecular flexibility index (Phi) is 3.95. The van der Waals surface area contributed by atoms with E-state index < -0.39 is 6.43 Å². The number of carbonyl (C=O) groups excluding carboxylic acids is 1. The summed E-state index contributed by atoms with van der Waals surface area (Å²) in [6.07, 6.45) is -0.637. The van der Waals surface area contributed by atoms with Crippen molar-refractivity contribution in [1.29, 1.82) is 0 Å². The molecule has 1 aromatic heterocycles. The van der Waals surface area contributed by atoms with Gasteiger partial charge in [0.15, 0.2) is 0 Å². The van der Waals surface area contributed by atoms with Gasteiger partial charge in [-0.25, -0.2) is 8.78 Å². The zero-order valence-electron chi connectivity index (χ0n) is 8.97. The summed E-state index contributed by atoms with van der Waals surface area (Å²) in [5.41, 5.74) is 1.49. The van der Waals surface area contributed by atoms with E-state index in [0.717, 1.165) is 12.8 Å². The number of carbonyl (C=O) groups is 1. The molecule has 1 N–H and O–H groups in total. The highest BCUT2D eigenvalue weighted by Crippen LogP contribution is 2.27. The molecule has 17 heavy (non-hydrogen) atoms. The topological polar surface area (TPSA) is 58.1 Å². The highest BCUT2D eigenvalue weighted by Gasteiger charge is 2.31. The lowest BCUT2D eigenvalue weighted by molar-refractivity contribution is -0.117. The number of aromatic nitrogens is 2. The molecule has 94 valence electrons. The predicted octanol–water partition coefficient (Wildman–Crippen LogP) is 1.21. The summed E-state index contributed by atoms with van der Waals surface area (Å²) in [6, 6.07) is 0.129. The van der Waals surface area contributed by atoms with Crippen LogP contribution in [0.3, 0.4) is 0 Å². The molecule has 0 bridgehead atoms. The van der Waals surface area contributed by atoms with Crippen molar-refractivity contribution in [3.05, 3.63) is 5.51 Å². The van der Waals surface area contributed by atoms with E-state index >= 15 is 0 Å². The molecule has 0 radical (unpaired) electrons. The van der Waals surface area contributed by atoms with E-state index in [-0.39, 0.29) is 25.0 Å². The Balaban J connectivity index is 1.82. The van der Waals surface area contributed by atoms with Gasteiger partial charge in [0, 0.05) is 6.04 Å². The maximum absolute atomic E-state index is 12.3. The number of anilines is 1. The number of rotatable bonds is 6. The van der Waals surface area contributed by atoms with Gasteiger partial charge >= 0.3 is 0 Å². The predicted molar refractivity (Wildman–Crippen MR) is 59.1 cm³/mol. The third-order valence-corrected chi connectivity index (χ3v) is 3.00. The third-order valence-electron chi connectivity index (χ3n) is 2.39. The normalized spacial score (nSPS) is 15.5. The number of hydrogen-bond acceptors (Lipinski definition) is 5. The van der Waals surface area contributed by atoms with Crippen molar-refractivity contribution in [3.8, 4) is 0 Å². The lowest BCUT2D eigenvalue weighted by Gasteiger charge is -2.20. The molecule has 0 saturated heterocycles. The molecular weight excluding hydrogens is 250 g/mol. The Morgan fingerprint density at radius 3 is 2.94 bits per heavy atom. The molecule has 8 heteroatoms. The third kappa shape index (κ3) is 3.97. The number of amides is 1. The summed E-state index contributed by atoms with van der Waals surface area (Å²) < 4.78 is 24.6. The van der Waals surface area contributed by atoms with Gasteiger partial charge in [-0.15, -0.1) is 10.2 Å². The van der Waals surface area contributed by atoms with Crippen LogP contribution < -0.4 is 5.32 Å². The summed E-state index contributed by atoms with van der Waals surface area (Å²) in [7, 11) is 0. The second-order valence-corrected chi connectivity index (χ2v) is 4.68. The van der Waals surface area contributed by atoms with Gasteiger partial charge < -0.3 is 0 Å². The lowest BCUT2D eigenvalue weighted by Crippen LogP contribution is -2.38. The summed E-state index contributed by atoms with van der Waals surface area (Å²) in [5.74, 6) is -0.325. The summed E-state index contributed by atoms with van der Waals surface area (Å²) in [4.78, 5) is 13.1. The van der Waals surface area contributed by atoms with Gasteiger partial charge in [0.05, 0.1) is 13.1 Å². The second-order valence-electron chi connectivity index (χ2n) is 3.84. The number of hydrogen-bond donors (Lipinski definition) is 1. The molecule has 1 aromatic rings. The first kappa shape index (κ1) is 12.3. The van der Waals surface area contributed by atoms with Gasteiger partial charge in [0.25, 0.3) is 6.43 Å². The van der Waals surface area contributed by atoms with Crippen molar-refractivity contribution >= 4 is 22.4 Å². The lowest BCUT2D eigenvalue weighted by atomic mass is 10.4. The van der Waals surface area contributed by atoms with Gasteiger partial charge in [-0.05, 0) is 12.8 Å². The van der Waals surface area contributed by atoms with Gasteiger partial charge in [-0.2, -0.15) is 0 Å². The molecular formula is C9H12F2N4OS. The van der Waals surface area contributed by atoms with Gasteiger partial charge in [0.1, 0.15) is 5.51 Å². The average molecular weight is 262 g/mol. The first-order valence-electron chi connectivity index (χ1n) is 5.23. The first-order chi connectivity index (χ1) is 8.15. The van der Waals surface area contributed by atoms with Crippen molar-refractivity contribution < 1.29 is 13.6 Å². The molecule has 0 atom stereocenters. The van der Waals surface area contributed by atoms with Crippen LogP contribution in [0.15, 0.2) is 5.51 Å². The smallest absolute Gasteiger partial charge is 0.251 e. The average Bonchev–Trinajstić information content (AvgIpc) is 2.97. The standard InChI is InChI=1S/C9H12F2N4OS/c10-7(11)3-15(6-1-2-6)4-8(16)13-9-14-12-5-17-9/h5-7H,1-4H2,(H,13,14,16). The quantitative estimate of drug-likeness (QED) is 0.837. The molecule has 1 saturated carbocycles. The minimum Gasteiger partial charge on any atom is -0.299 e. The zero-order chi connectivity index (χ0) is 12.3. The van der Waals surface area contributed by atoms with Crippen LogP contribution in [0.2, 0.25) is 0 Å². The fraction of sp³-hybridized carbons (Fsp3) is 0.667. The van der Waals surface area contributed by atoms with E-state index in [0.29, 0.717) is 5.13 Å². The molecule has 1 heterocycles. The Hall–Kier alpha value is -1.15. The number of nitrogens with one attached hydrogen (secondary N) is 1. The van der Waals surface area contributed by atoms with E-state index in [9.17, 15) is 13.6 Å². The molecule has 1 amide bonds. The Labute approximate surface area is 101 Å². The van der Waals surface area contributed by atoms with Crippen molar-refractivity contribution in [1.82, 2.24) is 15.1 Å². The van der Waals surface area contributed by atoms with Crippen LogP contribution >= 0.6 is 11.3 Å². The van der Waals surface area contributed by atoms with Crippen LogP contribution in [-0.4, -0.2) is 46.6 Å². The Morgan fingerprint density at radius 2 is 2.41 bits per heavy atom. The first-order valence-corrected chi connectivity index (χ1v) is 6.11. The van der Waals surface area contributed by atoms with Crippen molar-refractivity contribution in [2.45, 2.75) is 25.3 Å². The van der Waals surface area contributed by atoms with Crippen LogP contribution in [0.1, 0.15) is 12.8 Å². The summed E-state index contributed by atoms with van der Waals surface area (Å²) in [6.45, 7) is -0.372. The Bertz CT molecular complexity index is 369. The van der Waals surface area contributed by atoms with Crippen LogP contribution in [0.5, 0.6) is 0 Å². The fourth-order valence-electron chi connectivity index (χ4n) is 1.53. The largest absolute Gasteiger partial charge is 0.299 e. The SMILES string of the molecule is O=C(CN(CC(F)F)C1CC1)Nc1nncs1. The maximum Gasteiger partial charge on any atom is 0.251 e. The molecule has 0 aliphatic heterocycles. The van der Waals surface area contributed by atoms with Crippen LogP contribution in [0.25, 0.3) is 0 Å². The monoisotopic (exact) mass is 262 g/mol. The number of nitrogens with zero attached hydrogens (tertiary/aromatic N) is 3. The molecule has 1 aliphatic carbocycles. The van der Waals surface area contributed by atoms with E-state index in [1.807, 2.05) is 0 Å². The molecule has 0 spiro atoms. The fourth-order valence-corrected chi connectivity index (χ4v) is 1.99. The highest BCUT2D eigenvalue weighted by molar-refractivity contribution is 7.13. The zero-order valence-corrected chi connectivity index (χ0v) is 9.79. The van der Waals surface area contributed by atoms with Crippen molar-refractivity contribution in [2.75, 3.05) is 18.4 Å². The van der Waals surface area contributed by atoms with Gasteiger partial charge in [-0.3, -0.25) is 15.0 Å². The number of halogens is 2.